The van der Waals surface area contributed by atoms with Gasteiger partial charge in [0.05, 0.1) is 11.4 Å². The van der Waals surface area contributed by atoms with Crippen LogP contribution in [0, 0.1) is 0 Å². The summed E-state index contributed by atoms with van der Waals surface area (Å²) in [5, 5.41) is 9.57. The Hall–Kier alpha value is -7.42. The number of hydrogen-bond acceptors (Lipinski definition) is 2. The van der Waals surface area contributed by atoms with E-state index in [-0.39, 0.29) is 0 Å². The Bertz CT molecular complexity index is 3250. The van der Waals surface area contributed by atoms with Crippen molar-refractivity contribution in [1.82, 2.24) is 0 Å². The predicted octanol–water partition coefficient (Wildman–Crippen LogP) is 15.5. The molecule has 0 aliphatic heterocycles. The van der Waals surface area contributed by atoms with Gasteiger partial charge in [0.15, 0.2) is 0 Å². The highest BCUT2D eigenvalue weighted by atomic mass is 16.3. The third-order valence-electron chi connectivity index (χ3n) is 11.3. The van der Waals surface area contributed by atoms with E-state index in [4.69, 9.17) is 4.42 Å². The minimum Gasteiger partial charge on any atom is -0.455 e. The zero-order chi connectivity index (χ0) is 37.0. The van der Waals surface area contributed by atoms with Gasteiger partial charge in [0.2, 0.25) is 0 Å². The lowest BCUT2D eigenvalue weighted by Crippen LogP contribution is -2.12. The van der Waals surface area contributed by atoms with E-state index in [1.807, 2.05) is 0 Å². The lowest BCUT2D eigenvalue weighted by atomic mass is 9.93. The number of nitrogens with zero attached hydrogens (tertiary/aromatic N) is 1. The minimum atomic E-state index is 0.890. The van der Waals surface area contributed by atoms with Crippen LogP contribution in [0.2, 0.25) is 0 Å². The second-order valence-corrected chi connectivity index (χ2v) is 14.4. The van der Waals surface area contributed by atoms with Crippen LogP contribution >= 0.6 is 0 Å². The molecule has 11 aromatic rings. The quantitative estimate of drug-likeness (QED) is 0.160. The summed E-state index contributed by atoms with van der Waals surface area (Å²) in [6.45, 7) is 0. The van der Waals surface area contributed by atoms with E-state index >= 15 is 0 Å². The highest BCUT2D eigenvalue weighted by Crippen LogP contribution is 2.47. The smallest absolute Gasteiger partial charge is 0.143 e. The number of rotatable bonds is 6. The second kappa shape index (κ2) is 13.2. The van der Waals surface area contributed by atoms with Gasteiger partial charge in [0.1, 0.15) is 11.2 Å². The molecule has 262 valence electrons. The van der Waals surface area contributed by atoms with Crippen molar-refractivity contribution in [2.45, 2.75) is 0 Å². The van der Waals surface area contributed by atoms with Gasteiger partial charge in [-0.2, -0.15) is 0 Å². The van der Waals surface area contributed by atoms with Crippen LogP contribution in [0.1, 0.15) is 0 Å². The summed E-state index contributed by atoms with van der Waals surface area (Å²) in [5.74, 6) is 0. The van der Waals surface area contributed by atoms with Crippen LogP contribution in [0.4, 0.5) is 17.1 Å². The summed E-state index contributed by atoms with van der Waals surface area (Å²) in [6.07, 6.45) is 0. The summed E-state index contributed by atoms with van der Waals surface area (Å²) in [4.78, 5) is 2.41. The molecule has 10 aromatic carbocycles. The molecule has 0 unspecified atom stereocenters. The molecule has 0 aliphatic carbocycles. The molecule has 2 heteroatoms. The molecule has 0 N–H and O–H groups in total. The van der Waals surface area contributed by atoms with E-state index in [0.29, 0.717) is 0 Å². The van der Waals surface area contributed by atoms with Gasteiger partial charge in [-0.1, -0.05) is 176 Å². The fourth-order valence-electron chi connectivity index (χ4n) is 8.66. The zero-order valence-electron chi connectivity index (χ0n) is 30.6. The molecule has 11 rings (SSSR count). The first-order valence-electron chi connectivity index (χ1n) is 19.2. The molecule has 0 amide bonds. The first-order valence-corrected chi connectivity index (χ1v) is 19.2. The number of para-hydroxylation sites is 3. The average molecular weight is 714 g/mol. The van der Waals surface area contributed by atoms with Crippen LogP contribution in [0.5, 0.6) is 0 Å². The van der Waals surface area contributed by atoms with E-state index in [0.717, 1.165) is 66.6 Å². The maximum atomic E-state index is 6.90. The minimum absolute atomic E-state index is 0.890. The zero-order valence-corrected chi connectivity index (χ0v) is 30.6. The van der Waals surface area contributed by atoms with Crippen molar-refractivity contribution in [3.05, 3.63) is 212 Å². The number of hydrogen-bond donors (Lipinski definition) is 0. The maximum absolute atomic E-state index is 6.90. The third kappa shape index (κ3) is 5.19. The molecule has 0 spiro atoms. The summed E-state index contributed by atoms with van der Waals surface area (Å²) in [7, 11) is 0. The molecule has 0 aliphatic rings. The van der Waals surface area contributed by atoms with Crippen molar-refractivity contribution in [2.24, 2.45) is 0 Å². The number of fused-ring (bicyclic) bond motifs is 8. The normalized spacial score (nSPS) is 11.6. The molecule has 1 heterocycles. The Morgan fingerprint density at radius 2 is 0.839 bits per heavy atom. The standard InChI is InChI=1S/C54H35NO/c1-2-15-36(16-3-1)42-20-10-12-27-51(42)55(40-32-29-38(30-33-40)50-35-39-18-5-6-19-41(39)44-22-8-9-23-45(44)50)52-28-13-11-24-46(52)47-25-14-26-48-49-34-31-37-17-4-7-21-43(37)53(49)56-54(47)48/h1-35H. The Morgan fingerprint density at radius 1 is 0.286 bits per heavy atom. The molecule has 0 radical (unpaired) electrons. The molecule has 56 heavy (non-hydrogen) atoms. The van der Waals surface area contributed by atoms with Crippen LogP contribution in [0.15, 0.2) is 217 Å². The molecule has 0 saturated heterocycles. The van der Waals surface area contributed by atoms with Crippen LogP contribution in [0.3, 0.4) is 0 Å². The Labute approximate surface area is 325 Å². The van der Waals surface area contributed by atoms with E-state index in [1.165, 1.54) is 38.1 Å². The molecular weight excluding hydrogens is 679 g/mol. The monoisotopic (exact) mass is 713 g/mol. The van der Waals surface area contributed by atoms with E-state index in [2.05, 4.69) is 217 Å². The van der Waals surface area contributed by atoms with Crippen molar-refractivity contribution in [3.63, 3.8) is 0 Å². The van der Waals surface area contributed by atoms with Gasteiger partial charge in [0.25, 0.3) is 0 Å². The first kappa shape index (κ1) is 32.0. The Morgan fingerprint density at radius 3 is 1.64 bits per heavy atom. The SMILES string of the molecule is c1ccc(-c2ccccc2N(c2ccc(-c3cc4ccccc4c4ccccc34)cc2)c2ccccc2-c2cccc3c2oc2c4ccccc4ccc32)cc1. The second-order valence-electron chi connectivity index (χ2n) is 14.4. The molecular formula is C54H35NO. The van der Waals surface area contributed by atoms with Crippen LogP contribution in [0.25, 0.3) is 87.6 Å². The van der Waals surface area contributed by atoms with Gasteiger partial charge in [-0.15, -0.1) is 0 Å². The third-order valence-corrected chi connectivity index (χ3v) is 11.3. The van der Waals surface area contributed by atoms with Crippen molar-refractivity contribution >= 4 is 71.3 Å². The van der Waals surface area contributed by atoms with Crippen molar-refractivity contribution in [2.75, 3.05) is 4.90 Å². The summed E-state index contributed by atoms with van der Waals surface area (Å²) in [5.41, 5.74) is 11.9. The van der Waals surface area contributed by atoms with E-state index < -0.39 is 0 Å². The van der Waals surface area contributed by atoms with Gasteiger partial charge < -0.3 is 9.32 Å². The van der Waals surface area contributed by atoms with E-state index in [9.17, 15) is 0 Å². The maximum Gasteiger partial charge on any atom is 0.143 e. The Kier molecular flexibility index (Phi) is 7.53. The van der Waals surface area contributed by atoms with Gasteiger partial charge >= 0.3 is 0 Å². The molecule has 1 aromatic heterocycles. The van der Waals surface area contributed by atoms with E-state index in [1.54, 1.807) is 0 Å². The highest BCUT2D eigenvalue weighted by Gasteiger charge is 2.23. The van der Waals surface area contributed by atoms with Crippen LogP contribution in [-0.2, 0) is 0 Å². The largest absolute Gasteiger partial charge is 0.455 e. The molecule has 0 atom stereocenters. The van der Waals surface area contributed by atoms with Gasteiger partial charge in [-0.05, 0) is 80.0 Å². The molecule has 2 nitrogen and oxygen atoms in total. The lowest BCUT2D eigenvalue weighted by molar-refractivity contribution is 0.674. The topological polar surface area (TPSA) is 16.4 Å². The fraction of sp³-hybridized carbons (Fsp3) is 0. The van der Waals surface area contributed by atoms with Crippen LogP contribution in [-0.4, -0.2) is 0 Å². The Balaban J connectivity index is 1.13. The van der Waals surface area contributed by atoms with Gasteiger partial charge in [-0.3, -0.25) is 0 Å². The number of anilines is 3. The van der Waals surface area contributed by atoms with Crippen molar-refractivity contribution in [3.8, 4) is 33.4 Å². The summed E-state index contributed by atoms with van der Waals surface area (Å²) in [6, 6.07) is 76.4. The van der Waals surface area contributed by atoms with Crippen LogP contribution < -0.4 is 4.90 Å². The fourth-order valence-corrected chi connectivity index (χ4v) is 8.66. The number of furan rings is 1. The predicted molar refractivity (Wildman–Crippen MR) is 237 cm³/mol. The average Bonchev–Trinajstić information content (AvgIpc) is 3.67. The van der Waals surface area contributed by atoms with Crippen molar-refractivity contribution in [1.29, 1.82) is 0 Å². The summed E-state index contributed by atoms with van der Waals surface area (Å²) < 4.78 is 6.90. The lowest BCUT2D eigenvalue weighted by Gasteiger charge is -2.30. The molecule has 0 bridgehead atoms. The first-order chi connectivity index (χ1) is 27.8. The number of benzene rings is 10. The van der Waals surface area contributed by atoms with Gasteiger partial charge in [0, 0.05) is 38.5 Å². The van der Waals surface area contributed by atoms with Crippen molar-refractivity contribution < 1.29 is 4.42 Å². The van der Waals surface area contributed by atoms with Gasteiger partial charge in [-0.25, -0.2) is 0 Å². The molecule has 0 fully saturated rings. The molecule has 0 saturated carbocycles. The summed E-state index contributed by atoms with van der Waals surface area (Å²) >= 11 is 0. The highest BCUT2D eigenvalue weighted by molar-refractivity contribution is 6.18.